The molecule has 0 spiro atoms. The number of rotatable bonds is 8. The molecule has 1 unspecified atom stereocenters. The molecule has 0 aromatic heterocycles. The van der Waals surface area contributed by atoms with E-state index in [9.17, 15) is 4.79 Å². The predicted molar refractivity (Wildman–Crippen MR) is 83.9 cm³/mol. The summed E-state index contributed by atoms with van der Waals surface area (Å²) in [4.78, 5) is 11.5. The predicted octanol–water partition coefficient (Wildman–Crippen LogP) is 2.27. The maximum absolute atomic E-state index is 11.5. The molecule has 1 aromatic carbocycles. The van der Waals surface area contributed by atoms with Crippen molar-refractivity contribution in [1.29, 1.82) is 0 Å². The maximum Gasteiger partial charge on any atom is 0.223 e. The van der Waals surface area contributed by atoms with Gasteiger partial charge in [0.1, 0.15) is 0 Å². The number of ether oxygens (including phenoxy) is 2. The van der Waals surface area contributed by atoms with Crippen molar-refractivity contribution in [3.05, 3.63) is 23.8 Å². The summed E-state index contributed by atoms with van der Waals surface area (Å²) in [6, 6.07) is 6.21. The summed E-state index contributed by atoms with van der Waals surface area (Å²) in [5.74, 6) is 1.32. The first kappa shape index (κ1) is 17.3. The van der Waals surface area contributed by atoms with Crippen molar-refractivity contribution < 1.29 is 14.3 Å². The first-order chi connectivity index (χ1) is 9.97. The van der Waals surface area contributed by atoms with Crippen molar-refractivity contribution in [2.45, 2.75) is 39.3 Å². The lowest BCUT2D eigenvalue weighted by atomic mass is 10.1. The zero-order valence-electron chi connectivity index (χ0n) is 13.5. The van der Waals surface area contributed by atoms with Gasteiger partial charge in [-0.1, -0.05) is 6.07 Å². The van der Waals surface area contributed by atoms with Crippen LogP contribution in [0.2, 0.25) is 0 Å². The largest absolute Gasteiger partial charge is 0.493 e. The van der Waals surface area contributed by atoms with E-state index in [-0.39, 0.29) is 18.0 Å². The molecule has 2 N–H and O–H groups in total. The van der Waals surface area contributed by atoms with Gasteiger partial charge in [0.15, 0.2) is 11.5 Å². The molecular formula is C16H26N2O3. The molecule has 0 heterocycles. The molecule has 1 aromatic rings. The third-order valence-corrected chi connectivity index (χ3v) is 3.16. The van der Waals surface area contributed by atoms with Crippen molar-refractivity contribution in [2.24, 2.45) is 0 Å². The molecule has 0 bridgehead atoms. The van der Waals surface area contributed by atoms with Gasteiger partial charge in [0, 0.05) is 12.1 Å². The van der Waals surface area contributed by atoms with Gasteiger partial charge in [-0.15, -0.1) is 0 Å². The summed E-state index contributed by atoms with van der Waals surface area (Å²) in [5.41, 5.74) is 1.12. The minimum Gasteiger partial charge on any atom is -0.493 e. The molecule has 21 heavy (non-hydrogen) atoms. The van der Waals surface area contributed by atoms with Gasteiger partial charge in [-0.3, -0.25) is 4.79 Å². The summed E-state index contributed by atoms with van der Waals surface area (Å²) in [7, 11) is 3.52. The average molecular weight is 294 g/mol. The van der Waals surface area contributed by atoms with Crippen LogP contribution < -0.4 is 20.1 Å². The quantitative estimate of drug-likeness (QED) is 0.772. The second-order valence-corrected chi connectivity index (χ2v) is 5.24. The molecule has 0 radical (unpaired) electrons. The van der Waals surface area contributed by atoms with Crippen LogP contribution in [0.15, 0.2) is 18.2 Å². The number of benzene rings is 1. The number of carbonyl (C=O) groups is 1. The standard InChI is InChI=1S/C16H26N2O3/c1-11(2)18-16(19)8-9-21-14-7-6-13(12(3)17-4)10-15(14)20-5/h6-7,10-12,17H,8-9H2,1-5H3,(H,18,19). The number of amides is 1. The lowest BCUT2D eigenvalue weighted by molar-refractivity contribution is -0.122. The van der Waals surface area contributed by atoms with Crippen molar-refractivity contribution >= 4 is 5.91 Å². The lowest BCUT2D eigenvalue weighted by Gasteiger charge is -2.15. The van der Waals surface area contributed by atoms with Crippen molar-refractivity contribution in [1.82, 2.24) is 10.6 Å². The van der Waals surface area contributed by atoms with Gasteiger partial charge >= 0.3 is 0 Å². The normalized spacial score (nSPS) is 12.1. The average Bonchev–Trinajstić information content (AvgIpc) is 2.45. The first-order valence-electron chi connectivity index (χ1n) is 7.25. The Hall–Kier alpha value is -1.75. The monoisotopic (exact) mass is 294 g/mol. The molecule has 1 rings (SSSR count). The number of hydrogen-bond donors (Lipinski definition) is 2. The van der Waals surface area contributed by atoms with Gasteiger partial charge in [0.25, 0.3) is 0 Å². The Bertz CT molecular complexity index is 461. The van der Waals surface area contributed by atoms with Crippen LogP contribution >= 0.6 is 0 Å². The van der Waals surface area contributed by atoms with Crippen molar-refractivity contribution in [2.75, 3.05) is 20.8 Å². The van der Waals surface area contributed by atoms with E-state index in [4.69, 9.17) is 9.47 Å². The Morgan fingerprint density at radius 2 is 1.95 bits per heavy atom. The van der Waals surface area contributed by atoms with E-state index < -0.39 is 0 Å². The third-order valence-electron chi connectivity index (χ3n) is 3.16. The Morgan fingerprint density at radius 3 is 2.52 bits per heavy atom. The van der Waals surface area contributed by atoms with E-state index >= 15 is 0 Å². The van der Waals surface area contributed by atoms with Crippen LogP contribution in [-0.4, -0.2) is 32.7 Å². The van der Waals surface area contributed by atoms with Gasteiger partial charge < -0.3 is 20.1 Å². The minimum absolute atomic E-state index is 0.00982. The molecule has 118 valence electrons. The summed E-state index contributed by atoms with van der Waals surface area (Å²) >= 11 is 0. The Balaban J connectivity index is 2.61. The molecule has 0 saturated carbocycles. The summed E-state index contributed by atoms with van der Waals surface area (Å²) in [5, 5.41) is 6.01. The van der Waals surface area contributed by atoms with E-state index in [0.717, 1.165) is 5.56 Å². The van der Waals surface area contributed by atoms with Crippen LogP contribution in [0.4, 0.5) is 0 Å². The van der Waals surface area contributed by atoms with Crippen LogP contribution in [-0.2, 0) is 4.79 Å². The molecular weight excluding hydrogens is 268 g/mol. The van der Waals surface area contributed by atoms with Crippen LogP contribution in [0.5, 0.6) is 11.5 Å². The lowest BCUT2D eigenvalue weighted by Crippen LogP contribution is -2.31. The molecule has 1 amide bonds. The molecule has 1 atom stereocenters. The SMILES string of the molecule is CNC(C)c1ccc(OCCC(=O)NC(C)C)c(OC)c1. The van der Waals surface area contributed by atoms with Crippen molar-refractivity contribution in [3.63, 3.8) is 0 Å². The van der Waals surface area contributed by atoms with E-state index in [0.29, 0.717) is 24.5 Å². The van der Waals surface area contributed by atoms with Gasteiger partial charge in [0.05, 0.1) is 20.1 Å². The summed E-state index contributed by atoms with van der Waals surface area (Å²) < 4.78 is 11.0. The van der Waals surface area contributed by atoms with Crippen LogP contribution in [0.1, 0.15) is 38.8 Å². The van der Waals surface area contributed by atoms with Gasteiger partial charge in [-0.25, -0.2) is 0 Å². The first-order valence-corrected chi connectivity index (χ1v) is 7.25. The van der Waals surface area contributed by atoms with Crippen LogP contribution in [0.3, 0.4) is 0 Å². The Kier molecular flexibility index (Phi) is 7.02. The van der Waals surface area contributed by atoms with E-state index in [1.165, 1.54) is 0 Å². The number of hydrogen-bond acceptors (Lipinski definition) is 4. The topological polar surface area (TPSA) is 59.6 Å². The van der Waals surface area contributed by atoms with E-state index in [1.807, 2.05) is 39.1 Å². The summed E-state index contributed by atoms with van der Waals surface area (Å²) in [6.07, 6.45) is 0.329. The zero-order chi connectivity index (χ0) is 15.8. The fourth-order valence-electron chi connectivity index (χ4n) is 1.89. The maximum atomic E-state index is 11.5. The number of nitrogens with one attached hydrogen (secondary N) is 2. The van der Waals surface area contributed by atoms with E-state index in [2.05, 4.69) is 17.6 Å². The zero-order valence-corrected chi connectivity index (χ0v) is 13.5. The number of methoxy groups -OCH3 is 1. The minimum atomic E-state index is -0.00982. The van der Waals surface area contributed by atoms with Crippen LogP contribution in [0, 0.1) is 0 Å². The van der Waals surface area contributed by atoms with Crippen molar-refractivity contribution in [3.8, 4) is 11.5 Å². The highest BCUT2D eigenvalue weighted by Gasteiger charge is 2.10. The molecule has 0 aliphatic rings. The smallest absolute Gasteiger partial charge is 0.223 e. The third kappa shape index (κ3) is 5.63. The molecule has 0 aliphatic carbocycles. The highest BCUT2D eigenvalue weighted by molar-refractivity contribution is 5.76. The summed E-state index contributed by atoms with van der Waals surface area (Å²) in [6.45, 7) is 6.27. The second-order valence-electron chi connectivity index (χ2n) is 5.24. The highest BCUT2D eigenvalue weighted by Crippen LogP contribution is 2.30. The molecule has 0 fully saturated rings. The second kappa shape index (κ2) is 8.52. The fourth-order valence-corrected chi connectivity index (χ4v) is 1.89. The van der Waals surface area contributed by atoms with E-state index in [1.54, 1.807) is 7.11 Å². The molecule has 0 aliphatic heterocycles. The fraction of sp³-hybridized carbons (Fsp3) is 0.562. The number of carbonyl (C=O) groups excluding carboxylic acids is 1. The Labute approximate surface area is 127 Å². The van der Waals surface area contributed by atoms with Gasteiger partial charge in [0.2, 0.25) is 5.91 Å². The molecule has 5 heteroatoms. The van der Waals surface area contributed by atoms with Gasteiger partial charge in [-0.05, 0) is 45.5 Å². The molecule has 0 saturated heterocycles. The van der Waals surface area contributed by atoms with Crippen LogP contribution in [0.25, 0.3) is 0 Å². The highest BCUT2D eigenvalue weighted by atomic mass is 16.5. The molecule has 5 nitrogen and oxygen atoms in total. The Morgan fingerprint density at radius 1 is 1.24 bits per heavy atom. The van der Waals surface area contributed by atoms with Gasteiger partial charge in [-0.2, -0.15) is 0 Å².